The second-order valence-corrected chi connectivity index (χ2v) is 8.54. The van der Waals surface area contributed by atoms with Crippen molar-refractivity contribution in [2.24, 2.45) is 0 Å². The molecule has 9 heteroatoms. The van der Waals surface area contributed by atoms with Gasteiger partial charge in [0.1, 0.15) is 23.8 Å². The molecule has 3 amide bonds. The van der Waals surface area contributed by atoms with Gasteiger partial charge in [0.15, 0.2) is 0 Å². The van der Waals surface area contributed by atoms with Crippen LogP contribution in [0, 0.1) is 0 Å². The molecular weight excluding hydrogens is 468 g/mol. The van der Waals surface area contributed by atoms with E-state index < -0.39 is 23.6 Å². The fourth-order valence-corrected chi connectivity index (χ4v) is 4.49. The van der Waals surface area contributed by atoms with Crippen molar-refractivity contribution in [2.45, 2.75) is 6.92 Å². The summed E-state index contributed by atoms with van der Waals surface area (Å²) in [5, 5.41) is 3.91. The van der Waals surface area contributed by atoms with Gasteiger partial charge < -0.3 is 19.5 Å². The van der Waals surface area contributed by atoms with Crippen molar-refractivity contribution < 1.29 is 28.6 Å². The molecule has 1 aliphatic rings. The number of imide groups is 1. The van der Waals surface area contributed by atoms with Gasteiger partial charge in [-0.3, -0.25) is 19.3 Å². The van der Waals surface area contributed by atoms with Crippen LogP contribution in [0.25, 0.3) is 16.8 Å². The van der Waals surface area contributed by atoms with E-state index in [1.807, 2.05) is 31.2 Å². The number of anilines is 1. The Morgan fingerprint density at radius 2 is 1.71 bits per heavy atom. The molecule has 0 aliphatic carbocycles. The maximum atomic E-state index is 13.0. The van der Waals surface area contributed by atoms with Crippen molar-refractivity contribution >= 4 is 51.4 Å². The lowest BCUT2D eigenvalue weighted by Gasteiger charge is -2.13. The van der Waals surface area contributed by atoms with Crippen LogP contribution < -0.4 is 19.5 Å². The van der Waals surface area contributed by atoms with Gasteiger partial charge in [-0.15, -0.1) is 0 Å². The number of ether oxygens (including phenoxy) is 3. The molecule has 0 radical (unpaired) electrons. The SMILES string of the molecule is CCOc1ccc(NC(=O)CN2C(=O)S/C(=C/c3c(OC)ccc4ccc(OC)cc34)C2=O)cc1. The molecule has 4 rings (SSSR count). The average molecular weight is 493 g/mol. The van der Waals surface area contributed by atoms with E-state index in [9.17, 15) is 14.4 Å². The second-order valence-electron chi connectivity index (χ2n) is 7.54. The Bertz CT molecular complexity index is 1310. The number of amides is 3. The number of benzene rings is 3. The van der Waals surface area contributed by atoms with Gasteiger partial charge in [0.05, 0.1) is 25.7 Å². The van der Waals surface area contributed by atoms with Gasteiger partial charge in [0, 0.05) is 11.3 Å². The van der Waals surface area contributed by atoms with Crippen LogP contribution in [-0.4, -0.2) is 49.3 Å². The van der Waals surface area contributed by atoms with E-state index in [4.69, 9.17) is 14.2 Å². The number of thioether (sulfide) groups is 1. The van der Waals surface area contributed by atoms with E-state index in [-0.39, 0.29) is 4.91 Å². The quantitative estimate of drug-likeness (QED) is 0.446. The Labute approximate surface area is 206 Å². The molecule has 3 aromatic carbocycles. The van der Waals surface area contributed by atoms with E-state index in [0.717, 1.165) is 27.4 Å². The van der Waals surface area contributed by atoms with Crippen LogP contribution in [0.4, 0.5) is 10.5 Å². The molecule has 0 unspecified atom stereocenters. The molecule has 0 bridgehead atoms. The smallest absolute Gasteiger partial charge is 0.294 e. The molecule has 1 fully saturated rings. The van der Waals surface area contributed by atoms with E-state index >= 15 is 0 Å². The lowest BCUT2D eigenvalue weighted by atomic mass is 10.0. The third kappa shape index (κ3) is 5.25. The minimum absolute atomic E-state index is 0.206. The highest BCUT2D eigenvalue weighted by molar-refractivity contribution is 8.18. The summed E-state index contributed by atoms with van der Waals surface area (Å²) in [4.78, 5) is 39.3. The van der Waals surface area contributed by atoms with Crippen molar-refractivity contribution in [1.29, 1.82) is 0 Å². The van der Waals surface area contributed by atoms with E-state index in [2.05, 4.69) is 5.32 Å². The van der Waals surface area contributed by atoms with Gasteiger partial charge in [-0.1, -0.05) is 12.1 Å². The normalized spacial score (nSPS) is 14.5. The monoisotopic (exact) mass is 492 g/mol. The average Bonchev–Trinajstić information content (AvgIpc) is 3.12. The lowest BCUT2D eigenvalue weighted by molar-refractivity contribution is -0.127. The van der Waals surface area contributed by atoms with Crippen LogP contribution >= 0.6 is 11.8 Å². The third-order valence-corrected chi connectivity index (χ3v) is 6.26. The van der Waals surface area contributed by atoms with Gasteiger partial charge in [-0.2, -0.15) is 0 Å². The fraction of sp³-hybridized carbons (Fsp3) is 0.192. The molecule has 0 spiro atoms. The zero-order chi connectivity index (χ0) is 24.9. The van der Waals surface area contributed by atoms with Crippen LogP contribution in [-0.2, 0) is 9.59 Å². The number of carbonyl (C=O) groups is 3. The minimum atomic E-state index is -0.538. The number of rotatable bonds is 8. The van der Waals surface area contributed by atoms with Gasteiger partial charge in [0.2, 0.25) is 5.91 Å². The third-order valence-electron chi connectivity index (χ3n) is 5.35. The number of fused-ring (bicyclic) bond motifs is 1. The zero-order valence-electron chi connectivity index (χ0n) is 19.5. The van der Waals surface area contributed by atoms with Crippen molar-refractivity contribution in [3.8, 4) is 17.2 Å². The summed E-state index contributed by atoms with van der Waals surface area (Å²) in [7, 11) is 3.11. The summed E-state index contributed by atoms with van der Waals surface area (Å²) in [6, 6.07) is 16.1. The summed E-state index contributed by atoms with van der Waals surface area (Å²) in [6.07, 6.45) is 1.62. The van der Waals surface area contributed by atoms with Crippen LogP contribution in [0.5, 0.6) is 17.2 Å². The molecule has 1 heterocycles. The van der Waals surface area contributed by atoms with Gasteiger partial charge in [-0.05, 0) is 78.0 Å². The topological polar surface area (TPSA) is 94.2 Å². The summed E-state index contributed by atoms with van der Waals surface area (Å²) >= 11 is 0.785. The first-order valence-electron chi connectivity index (χ1n) is 10.9. The molecular formula is C26H24N2O6S. The first kappa shape index (κ1) is 24.2. The number of methoxy groups -OCH3 is 2. The molecule has 0 aromatic heterocycles. The van der Waals surface area contributed by atoms with Crippen LogP contribution in [0.15, 0.2) is 59.5 Å². The highest BCUT2D eigenvalue weighted by atomic mass is 32.2. The van der Waals surface area contributed by atoms with Crippen molar-refractivity contribution in [1.82, 2.24) is 4.90 Å². The van der Waals surface area contributed by atoms with E-state index in [1.165, 1.54) is 7.11 Å². The molecule has 0 saturated carbocycles. The number of hydrogen-bond acceptors (Lipinski definition) is 7. The highest BCUT2D eigenvalue weighted by Crippen LogP contribution is 2.37. The summed E-state index contributed by atoms with van der Waals surface area (Å²) in [6.45, 7) is 2.03. The molecule has 3 aromatic rings. The van der Waals surface area contributed by atoms with Crippen LogP contribution in [0.1, 0.15) is 12.5 Å². The molecule has 0 atom stereocenters. The Kier molecular flexibility index (Phi) is 7.26. The first-order valence-corrected chi connectivity index (χ1v) is 11.7. The maximum absolute atomic E-state index is 13.0. The van der Waals surface area contributed by atoms with Gasteiger partial charge >= 0.3 is 0 Å². The summed E-state index contributed by atoms with van der Waals surface area (Å²) in [5.41, 5.74) is 1.18. The highest BCUT2D eigenvalue weighted by Gasteiger charge is 2.36. The van der Waals surface area contributed by atoms with E-state index in [1.54, 1.807) is 43.5 Å². The molecule has 1 N–H and O–H groups in total. The predicted molar refractivity (Wildman–Crippen MR) is 136 cm³/mol. The number of nitrogens with one attached hydrogen (secondary N) is 1. The fourth-order valence-electron chi connectivity index (χ4n) is 3.67. The van der Waals surface area contributed by atoms with Gasteiger partial charge in [0.25, 0.3) is 11.1 Å². The molecule has 8 nitrogen and oxygen atoms in total. The van der Waals surface area contributed by atoms with Crippen molar-refractivity contribution in [2.75, 3.05) is 32.7 Å². The number of carbonyl (C=O) groups excluding carboxylic acids is 3. The maximum Gasteiger partial charge on any atom is 0.294 e. The zero-order valence-corrected chi connectivity index (χ0v) is 20.3. The standard InChI is InChI=1S/C26H24N2O6S/c1-4-34-18-10-7-17(8-11-18)27-24(29)15-28-25(30)23(35-26(28)31)14-21-20-13-19(32-2)9-5-16(20)6-12-22(21)33-3/h5-14H,4,15H2,1-3H3,(H,27,29)/b23-14+. The van der Waals surface area contributed by atoms with Gasteiger partial charge in [-0.25, -0.2) is 0 Å². The Balaban J connectivity index is 1.55. The Hall–Kier alpha value is -3.98. The second kappa shape index (κ2) is 10.5. The number of hydrogen-bond donors (Lipinski definition) is 1. The first-order chi connectivity index (χ1) is 16.9. The number of nitrogens with zero attached hydrogens (tertiary/aromatic N) is 1. The van der Waals surface area contributed by atoms with Crippen molar-refractivity contribution in [3.05, 3.63) is 65.1 Å². The molecule has 180 valence electrons. The molecule has 1 aliphatic heterocycles. The van der Waals surface area contributed by atoms with Crippen LogP contribution in [0.2, 0.25) is 0 Å². The van der Waals surface area contributed by atoms with E-state index in [0.29, 0.717) is 35.1 Å². The van der Waals surface area contributed by atoms with Crippen molar-refractivity contribution in [3.63, 3.8) is 0 Å². The molecule has 35 heavy (non-hydrogen) atoms. The minimum Gasteiger partial charge on any atom is -0.497 e. The van der Waals surface area contributed by atoms with Crippen LogP contribution in [0.3, 0.4) is 0 Å². The summed E-state index contributed by atoms with van der Waals surface area (Å²) in [5.74, 6) is 0.863. The largest absolute Gasteiger partial charge is 0.497 e. The predicted octanol–water partition coefficient (Wildman–Crippen LogP) is 4.93. The summed E-state index contributed by atoms with van der Waals surface area (Å²) < 4.78 is 16.2. The Morgan fingerprint density at radius 3 is 2.40 bits per heavy atom. The molecule has 1 saturated heterocycles. The Morgan fingerprint density at radius 1 is 1.00 bits per heavy atom. The lowest BCUT2D eigenvalue weighted by Crippen LogP contribution is -2.36.